The van der Waals surface area contributed by atoms with Crippen LogP contribution in [0.25, 0.3) is 22.0 Å². The number of rotatable bonds is 13. The van der Waals surface area contributed by atoms with Crippen LogP contribution in [-0.4, -0.2) is 62.8 Å². The summed E-state index contributed by atoms with van der Waals surface area (Å²) in [7, 11) is 1.52. The summed E-state index contributed by atoms with van der Waals surface area (Å²) in [6.45, 7) is 3.04. The zero-order valence-corrected chi connectivity index (χ0v) is 24.5. The number of methoxy groups -OCH3 is 1. The molecule has 5 rings (SSSR count). The van der Waals surface area contributed by atoms with Crippen molar-refractivity contribution in [1.29, 1.82) is 0 Å². The van der Waals surface area contributed by atoms with E-state index >= 15 is 0 Å². The first-order valence-corrected chi connectivity index (χ1v) is 13.9. The third-order valence-corrected chi connectivity index (χ3v) is 6.70. The van der Waals surface area contributed by atoms with Gasteiger partial charge < -0.3 is 33.0 Å². The smallest absolute Gasteiger partial charge is 0.390 e. The molecule has 1 aliphatic rings. The van der Waals surface area contributed by atoms with Crippen LogP contribution in [0.3, 0.4) is 0 Å². The molecule has 0 aliphatic carbocycles. The molecule has 0 fully saturated rings. The van der Waals surface area contributed by atoms with E-state index in [1.807, 2.05) is 30.3 Å². The number of ether oxygens (including phenoxy) is 6. The Morgan fingerprint density at radius 3 is 2.39 bits per heavy atom. The van der Waals surface area contributed by atoms with Gasteiger partial charge in [-0.2, -0.15) is 4.89 Å². The molecule has 0 N–H and O–H groups in total. The average molecular weight is 606 g/mol. The second-order valence-corrected chi connectivity index (χ2v) is 9.40. The molecule has 0 spiro atoms. The fourth-order valence-corrected chi connectivity index (χ4v) is 4.83. The van der Waals surface area contributed by atoms with Gasteiger partial charge in [-0.15, -0.1) is 0 Å². The van der Waals surface area contributed by atoms with Gasteiger partial charge in [0.15, 0.2) is 24.7 Å². The minimum atomic E-state index is -0.847. The largest absolute Gasteiger partial charge is 0.497 e. The third-order valence-electron chi connectivity index (χ3n) is 6.70. The Hall–Kier alpha value is -5.23. The minimum Gasteiger partial charge on any atom is -0.497 e. The first-order valence-electron chi connectivity index (χ1n) is 13.9. The Kier molecular flexibility index (Phi) is 9.50. The van der Waals surface area contributed by atoms with E-state index in [4.69, 9.17) is 38.2 Å². The van der Waals surface area contributed by atoms with Crippen molar-refractivity contribution in [3.63, 3.8) is 0 Å². The Bertz CT molecular complexity index is 1680. The quantitative estimate of drug-likeness (QED) is 0.120. The van der Waals surface area contributed by atoms with Crippen LogP contribution in [0.2, 0.25) is 0 Å². The maximum absolute atomic E-state index is 13.8. The van der Waals surface area contributed by atoms with Crippen LogP contribution < -0.4 is 18.9 Å². The number of aromatic nitrogens is 1. The molecule has 0 saturated heterocycles. The van der Waals surface area contributed by atoms with Gasteiger partial charge in [0.25, 0.3) is 0 Å². The molecule has 0 bridgehead atoms. The van der Waals surface area contributed by atoms with Crippen molar-refractivity contribution >= 4 is 28.8 Å². The number of fused-ring (bicyclic) bond motifs is 2. The third kappa shape index (κ3) is 6.55. The van der Waals surface area contributed by atoms with Crippen molar-refractivity contribution in [2.75, 3.05) is 40.3 Å². The molecule has 0 unspecified atom stereocenters. The van der Waals surface area contributed by atoms with Gasteiger partial charge >= 0.3 is 17.9 Å². The maximum atomic E-state index is 13.8. The van der Waals surface area contributed by atoms with Gasteiger partial charge in [0, 0.05) is 28.1 Å². The lowest BCUT2D eigenvalue weighted by molar-refractivity contribution is -0.243. The molecule has 1 aliphatic heterocycles. The van der Waals surface area contributed by atoms with Crippen LogP contribution in [0.15, 0.2) is 60.7 Å². The molecule has 0 saturated carbocycles. The van der Waals surface area contributed by atoms with Gasteiger partial charge in [-0.05, 0) is 49.7 Å². The highest BCUT2D eigenvalue weighted by Gasteiger charge is 2.28. The monoisotopic (exact) mass is 605 g/mol. The predicted molar refractivity (Wildman–Crippen MR) is 156 cm³/mol. The van der Waals surface area contributed by atoms with E-state index in [-0.39, 0.29) is 38.9 Å². The van der Waals surface area contributed by atoms with E-state index in [1.165, 1.54) is 7.11 Å². The van der Waals surface area contributed by atoms with E-state index in [1.54, 1.807) is 48.7 Å². The summed E-state index contributed by atoms with van der Waals surface area (Å²) >= 11 is 0. The van der Waals surface area contributed by atoms with Gasteiger partial charge in [-0.3, -0.25) is 4.89 Å². The van der Waals surface area contributed by atoms with Crippen LogP contribution in [0.5, 0.6) is 23.0 Å². The van der Waals surface area contributed by atoms with E-state index in [0.717, 1.165) is 5.39 Å². The number of esters is 2. The van der Waals surface area contributed by atoms with Crippen LogP contribution in [0.1, 0.15) is 29.9 Å². The summed E-state index contributed by atoms with van der Waals surface area (Å²) in [6.07, 6.45) is 0. The average Bonchev–Trinajstić information content (AvgIpc) is 3.63. The van der Waals surface area contributed by atoms with E-state index in [2.05, 4.69) is 0 Å². The van der Waals surface area contributed by atoms with Crippen molar-refractivity contribution in [3.8, 4) is 34.1 Å². The zero-order chi connectivity index (χ0) is 31.1. The lowest BCUT2D eigenvalue weighted by Crippen LogP contribution is -2.19. The Labute approximate surface area is 252 Å². The van der Waals surface area contributed by atoms with Crippen molar-refractivity contribution in [2.24, 2.45) is 0 Å². The SMILES string of the molecule is CCOC(=O)COOC(=O)c1c(-c2ccc3c(c2)OCO3)c2ccccc2n1Cc1ccc(OC)cc1OCC(=O)OCC. The second kappa shape index (κ2) is 13.8. The van der Waals surface area contributed by atoms with Crippen LogP contribution in [-0.2, 0) is 35.4 Å². The minimum absolute atomic E-state index is 0.0865. The lowest BCUT2D eigenvalue weighted by atomic mass is 10.0. The summed E-state index contributed by atoms with van der Waals surface area (Å²) in [5.41, 5.74) is 2.68. The van der Waals surface area contributed by atoms with Crippen molar-refractivity contribution < 1.29 is 52.6 Å². The predicted octanol–water partition coefficient (Wildman–Crippen LogP) is 4.69. The number of benzene rings is 3. The molecule has 4 aromatic rings. The number of carbonyl (C=O) groups excluding carboxylic acids is 3. The van der Waals surface area contributed by atoms with Crippen LogP contribution in [0, 0.1) is 0 Å². The molecule has 1 aromatic heterocycles. The highest BCUT2D eigenvalue weighted by Crippen LogP contribution is 2.41. The highest BCUT2D eigenvalue weighted by molar-refractivity contribution is 6.08. The van der Waals surface area contributed by atoms with Crippen LogP contribution in [0.4, 0.5) is 0 Å². The summed E-state index contributed by atoms with van der Waals surface area (Å²) in [4.78, 5) is 47.8. The molecule has 0 atom stereocenters. The second-order valence-electron chi connectivity index (χ2n) is 9.40. The number of para-hydroxylation sites is 1. The Morgan fingerprint density at radius 1 is 0.864 bits per heavy atom. The number of carbonyl (C=O) groups is 3. The first kappa shape index (κ1) is 30.2. The summed E-state index contributed by atoms with van der Waals surface area (Å²) in [5, 5.41) is 0.742. The van der Waals surface area contributed by atoms with Crippen molar-refractivity contribution in [1.82, 2.24) is 4.57 Å². The van der Waals surface area contributed by atoms with Gasteiger partial charge in [0.1, 0.15) is 17.2 Å². The molecule has 230 valence electrons. The van der Waals surface area contributed by atoms with Gasteiger partial charge in [-0.25, -0.2) is 14.4 Å². The summed E-state index contributed by atoms with van der Waals surface area (Å²) < 4.78 is 33.9. The summed E-state index contributed by atoms with van der Waals surface area (Å²) in [6, 6.07) is 18.0. The number of hydrogen-bond donors (Lipinski definition) is 0. The summed E-state index contributed by atoms with van der Waals surface area (Å²) in [5.74, 6) is -0.0707. The zero-order valence-electron chi connectivity index (χ0n) is 24.5. The molecule has 12 heteroatoms. The molecule has 3 aromatic carbocycles. The Balaban J connectivity index is 1.60. The highest BCUT2D eigenvalue weighted by atomic mass is 17.2. The number of hydrogen-bond acceptors (Lipinski definition) is 11. The van der Waals surface area contributed by atoms with Gasteiger partial charge in [-0.1, -0.05) is 24.3 Å². The fraction of sp³-hybridized carbons (Fsp3) is 0.281. The first-order chi connectivity index (χ1) is 21.4. The maximum Gasteiger partial charge on any atom is 0.390 e. The number of nitrogens with zero attached hydrogens (tertiary/aromatic N) is 1. The lowest BCUT2D eigenvalue weighted by Gasteiger charge is -2.16. The topological polar surface area (TPSA) is 130 Å². The molecular weight excluding hydrogens is 574 g/mol. The molecule has 12 nitrogen and oxygen atoms in total. The van der Waals surface area contributed by atoms with Crippen molar-refractivity contribution in [2.45, 2.75) is 20.4 Å². The van der Waals surface area contributed by atoms with E-state index in [9.17, 15) is 14.4 Å². The molecular formula is C32H31NO11. The molecule has 0 radical (unpaired) electrons. The molecule has 44 heavy (non-hydrogen) atoms. The van der Waals surface area contributed by atoms with Crippen molar-refractivity contribution in [3.05, 3.63) is 71.9 Å². The van der Waals surface area contributed by atoms with E-state index < -0.39 is 24.5 Å². The van der Waals surface area contributed by atoms with Gasteiger partial charge in [0.05, 0.1) is 26.9 Å². The normalized spacial score (nSPS) is 11.7. The van der Waals surface area contributed by atoms with Crippen LogP contribution >= 0.6 is 0 Å². The standard InChI is InChI=1S/C32H31NO11/c1-4-38-28(34)17-40-26-15-22(37-3)12-10-21(26)16-33-24-9-7-6-8-23(24)30(20-11-13-25-27(14-20)42-19-41-25)31(33)32(36)44-43-18-29(35)39-5-2/h6-15H,4-5,16-19H2,1-3H3. The van der Waals surface area contributed by atoms with E-state index in [0.29, 0.717) is 45.2 Å². The van der Waals surface area contributed by atoms with Gasteiger partial charge in [0.2, 0.25) is 6.79 Å². The molecule has 2 heterocycles. The Morgan fingerprint density at radius 2 is 1.61 bits per heavy atom. The molecule has 0 amide bonds. The fourth-order valence-electron chi connectivity index (χ4n) is 4.83.